The summed E-state index contributed by atoms with van der Waals surface area (Å²) < 4.78 is 0. The lowest BCUT2D eigenvalue weighted by atomic mass is 10.0. The Balaban J connectivity index is 1.63. The highest BCUT2D eigenvalue weighted by molar-refractivity contribution is 6.35. The molecule has 3 aromatic carbocycles. The maximum atomic E-state index is 11.2. The number of fused-ring (bicyclic) bond motifs is 2. The van der Waals surface area contributed by atoms with E-state index in [4.69, 9.17) is 16.6 Å². The highest BCUT2D eigenvalue weighted by Gasteiger charge is 2.17. The molecular weight excluding hydrogens is 410 g/mol. The van der Waals surface area contributed by atoms with E-state index < -0.39 is 0 Å². The zero-order valence-electron chi connectivity index (χ0n) is 16.6. The van der Waals surface area contributed by atoms with E-state index >= 15 is 0 Å². The molecule has 0 unspecified atom stereocenters. The SMILES string of the molecule is CC(=O)Nc1ccc(-c2ccc3[nH]c(O)c(-c4cc(Cl)c5ccccc5n4)c3c2)cc1. The molecule has 5 rings (SSSR count). The number of amides is 1. The number of benzene rings is 3. The Morgan fingerprint density at radius 2 is 1.71 bits per heavy atom. The summed E-state index contributed by atoms with van der Waals surface area (Å²) in [4.78, 5) is 19.0. The molecule has 0 spiro atoms. The zero-order chi connectivity index (χ0) is 21.5. The number of halogens is 1. The van der Waals surface area contributed by atoms with Gasteiger partial charge in [-0.25, -0.2) is 4.98 Å². The van der Waals surface area contributed by atoms with E-state index in [1.807, 2.05) is 66.7 Å². The number of H-pyrrole nitrogens is 1. The van der Waals surface area contributed by atoms with Gasteiger partial charge in [0, 0.05) is 28.9 Å². The van der Waals surface area contributed by atoms with Crippen molar-refractivity contribution in [1.82, 2.24) is 9.97 Å². The van der Waals surface area contributed by atoms with Gasteiger partial charge in [-0.3, -0.25) is 4.79 Å². The Hall–Kier alpha value is -3.83. The number of pyridine rings is 1. The van der Waals surface area contributed by atoms with Crippen molar-refractivity contribution in [2.24, 2.45) is 0 Å². The van der Waals surface area contributed by atoms with Crippen LogP contribution in [0.2, 0.25) is 5.02 Å². The average molecular weight is 428 g/mol. The van der Waals surface area contributed by atoms with Crippen LogP contribution in [0.1, 0.15) is 6.92 Å². The summed E-state index contributed by atoms with van der Waals surface area (Å²) in [5, 5.41) is 15.7. The second-order valence-corrected chi connectivity index (χ2v) is 7.78. The molecule has 6 heteroatoms. The Labute approximate surface area is 183 Å². The minimum Gasteiger partial charge on any atom is -0.494 e. The molecule has 0 saturated carbocycles. The van der Waals surface area contributed by atoms with Gasteiger partial charge in [-0.05, 0) is 47.5 Å². The molecule has 5 nitrogen and oxygen atoms in total. The van der Waals surface area contributed by atoms with Gasteiger partial charge in [0.1, 0.15) is 0 Å². The minimum atomic E-state index is -0.108. The minimum absolute atomic E-state index is 0.0482. The van der Waals surface area contributed by atoms with Crippen molar-refractivity contribution >= 4 is 45.0 Å². The van der Waals surface area contributed by atoms with Crippen LogP contribution in [0.3, 0.4) is 0 Å². The van der Waals surface area contributed by atoms with Gasteiger partial charge in [-0.1, -0.05) is 48.0 Å². The van der Waals surface area contributed by atoms with Crippen LogP contribution in [-0.2, 0) is 4.79 Å². The van der Waals surface area contributed by atoms with E-state index in [2.05, 4.69) is 10.3 Å². The number of carbonyl (C=O) groups is 1. The van der Waals surface area contributed by atoms with E-state index in [1.165, 1.54) is 6.92 Å². The van der Waals surface area contributed by atoms with Gasteiger partial charge in [-0.15, -0.1) is 0 Å². The van der Waals surface area contributed by atoms with E-state index in [-0.39, 0.29) is 11.8 Å². The monoisotopic (exact) mass is 427 g/mol. The van der Waals surface area contributed by atoms with Crippen molar-refractivity contribution in [3.8, 4) is 28.3 Å². The number of para-hydroxylation sites is 1. The Kier molecular flexibility index (Phi) is 4.60. The third kappa shape index (κ3) is 3.49. The van der Waals surface area contributed by atoms with Crippen molar-refractivity contribution < 1.29 is 9.90 Å². The number of hydrogen-bond donors (Lipinski definition) is 3. The fraction of sp³-hybridized carbons (Fsp3) is 0.0400. The Morgan fingerprint density at radius 1 is 0.968 bits per heavy atom. The van der Waals surface area contributed by atoms with Gasteiger partial charge in [0.25, 0.3) is 0 Å². The first-order valence-electron chi connectivity index (χ1n) is 9.78. The van der Waals surface area contributed by atoms with Crippen LogP contribution in [0, 0.1) is 0 Å². The van der Waals surface area contributed by atoms with Crippen LogP contribution in [-0.4, -0.2) is 21.0 Å². The molecule has 0 radical (unpaired) electrons. The van der Waals surface area contributed by atoms with Gasteiger partial charge in [0.05, 0.1) is 21.8 Å². The fourth-order valence-corrected chi connectivity index (χ4v) is 4.09. The van der Waals surface area contributed by atoms with Crippen molar-refractivity contribution in [2.45, 2.75) is 6.92 Å². The molecule has 152 valence electrons. The van der Waals surface area contributed by atoms with Crippen molar-refractivity contribution in [3.05, 3.63) is 77.8 Å². The summed E-state index contributed by atoms with van der Waals surface area (Å²) in [5.41, 5.74) is 5.50. The molecule has 3 N–H and O–H groups in total. The number of anilines is 1. The molecule has 0 aliphatic heterocycles. The van der Waals surface area contributed by atoms with Gasteiger partial charge < -0.3 is 15.4 Å². The van der Waals surface area contributed by atoms with Crippen molar-refractivity contribution in [2.75, 3.05) is 5.32 Å². The summed E-state index contributed by atoms with van der Waals surface area (Å²) in [6, 6.07) is 23.0. The molecule has 0 saturated heterocycles. The molecule has 0 aliphatic carbocycles. The lowest BCUT2D eigenvalue weighted by Crippen LogP contribution is -2.05. The standard InChI is InChI=1S/C25H18ClN3O2/c1-14(30)27-17-9-6-15(7-10-17)16-8-11-22-19(12-16)24(25(31)29-22)23-13-20(26)18-4-2-3-5-21(18)28-23/h2-13,29,31H,1H3,(H,27,30). The quantitative estimate of drug-likeness (QED) is 0.313. The number of nitrogens with one attached hydrogen (secondary N) is 2. The molecule has 5 aromatic rings. The van der Waals surface area contributed by atoms with Crippen LogP contribution in [0.15, 0.2) is 72.8 Å². The number of aromatic nitrogens is 2. The van der Waals surface area contributed by atoms with Crippen molar-refractivity contribution in [1.29, 1.82) is 0 Å². The predicted molar refractivity (Wildman–Crippen MR) is 125 cm³/mol. The van der Waals surface area contributed by atoms with E-state index in [9.17, 15) is 9.90 Å². The molecule has 31 heavy (non-hydrogen) atoms. The highest BCUT2D eigenvalue weighted by atomic mass is 35.5. The first-order valence-corrected chi connectivity index (χ1v) is 10.2. The summed E-state index contributed by atoms with van der Waals surface area (Å²) in [7, 11) is 0. The molecule has 0 bridgehead atoms. The van der Waals surface area contributed by atoms with Gasteiger partial charge in [0.2, 0.25) is 5.91 Å². The van der Waals surface area contributed by atoms with E-state index in [0.29, 0.717) is 16.3 Å². The molecule has 2 heterocycles. The molecular formula is C25H18ClN3O2. The molecule has 0 aliphatic rings. The molecule has 0 fully saturated rings. The largest absolute Gasteiger partial charge is 0.494 e. The maximum absolute atomic E-state index is 11.2. The molecule has 1 amide bonds. The average Bonchev–Trinajstić information content (AvgIpc) is 3.08. The van der Waals surface area contributed by atoms with Crippen LogP contribution < -0.4 is 5.32 Å². The van der Waals surface area contributed by atoms with Crippen LogP contribution in [0.5, 0.6) is 5.88 Å². The first-order chi connectivity index (χ1) is 15.0. The lowest BCUT2D eigenvalue weighted by molar-refractivity contribution is -0.114. The van der Waals surface area contributed by atoms with E-state index in [1.54, 1.807) is 6.07 Å². The first kappa shape index (κ1) is 19.2. The highest BCUT2D eigenvalue weighted by Crippen LogP contribution is 2.39. The third-order valence-corrected chi connectivity index (χ3v) is 5.55. The lowest BCUT2D eigenvalue weighted by Gasteiger charge is -2.07. The second-order valence-electron chi connectivity index (χ2n) is 7.37. The summed E-state index contributed by atoms with van der Waals surface area (Å²) in [5.74, 6) is -0.0600. The summed E-state index contributed by atoms with van der Waals surface area (Å²) in [6.45, 7) is 1.48. The second kappa shape index (κ2) is 7.45. The number of carbonyl (C=O) groups excluding carboxylic acids is 1. The topological polar surface area (TPSA) is 78.0 Å². The van der Waals surface area contributed by atoms with Crippen molar-refractivity contribution in [3.63, 3.8) is 0 Å². The number of hydrogen-bond acceptors (Lipinski definition) is 3. The summed E-state index contributed by atoms with van der Waals surface area (Å²) in [6.07, 6.45) is 0. The summed E-state index contributed by atoms with van der Waals surface area (Å²) >= 11 is 6.50. The van der Waals surface area contributed by atoms with Crippen LogP contribution in [0.4, 0.5) is 5.69 Å². The smallest absolute Gasteiger partial charge is 0.221 e. The number of aromatic amines is 1. The van der Waals surface area contributed by atoms with Crippen LogP contribution in [0.25, 0.3) is 44.2 Å². The maximum Gasteiger partial charge on any atom is 0.221 e. The van der Waals surface area contributed by atoms with Crippen LogP contribution >= 0.6 is 11.6 Å². The molecule has 2 aromatic heterocycles. The normalized spacial score (nSPS) is 11.2. The van der Waals surface area contributed by atoms with Gasteiger partial charge in [-0.2, -0.15) is 0 Å². The number of aromatic hydroxyl groups is 1. The van der Waals surface area contributed by atoms with Gasteiger partial charge >= 0.3 is 0 Å². The van der Waals surface area contributed by atoms with E-state index in [0.717, 1.165) is 38.6 Å². The number of rotatable bonds is 3. The predicted octanol–water partition coefficient (Wildman–Crippen LogP) is 6.37. The Bertz CT molecular complexity index is 1460. The van der Waals surface area contributed by atoms with Gasteiger partial charge in [0.15, 0.2) is 5.88 Å². The number of nitrogens with zero attached hydrogens (tertiary/aromatic N) is 1. The fourth-order valence-electron chi connectivity index (χ4n) is 3.83. The molecule has 0 atom stereocenters. The zero-order valence-corrected chi connectivity index (χ0v) is 17.4. The Morgan fingerprint density at radius 3 is 2.48 bits per heavy atom. The third-order valence-electron chi connectivity index (χ3n) is 5.24.